The highest BCUT2D eigenvalue weighted by Crippen LogP contribution is 2.39. The molecule has 0 aromatic carbocycles. The highest BCUT2D eigenvalue weighted by atomic mass is 16.5. The van der Waals surface area contributed by atoms with Crippen LogP contribution in [0.2, 0.25) is 0 Å². The molecule has 1 atom stereocenters. The lowest BCUT2D eigenvalue weighted by Gasteiger charge is -2.37. The van der Waals surface area contributed by atoms with E-state index in [1.165, 1.54) is 13.5 Å². The molecule has 0 saturated heterocycles. The Kier molecular flexibility index (Phi) is 5.45. The lowest BCUT2D eigenvalue weighted by molar-refractivity contribution is -0.144. The van der Waals surface area contributed by atoms with Crippen LogP contribution in [0.1, 0.15) is 68.5 Å². The van der Waals surface area contributed by atoms with Gasteiger partial charge in [-0.05, 0) is 37.5 Å². The molecule has 2 aliphatic carbocycles. The number of nitrogens with zero attached hydrogens (tertiary/aromatic N) is 2. The minimum absolute atomic E-state index is 0.0729. The van der Waals surface area contributed by atoms with Crippen LogP contribution in [0, 0.1) is 5.41 Å². The van der Waals surface area contributed by atoms with Gasteiger partial charge in [0.05, 0.1) is 25.1 Å². The van der Waals surface area contributed by atoms with Crippen LogP contribution in [0.15, 0.2) is 6.20 Å². The molecule has 1 fully saturated rings. The number of aryl methyl sites for hydroxylation is 2. The maximum atomic E-state index is 12.8. The second-order valence-corrected chi connectivity index (χ2v) is 7.68. The molecule has 0 radical (unpaired) electrons. The van der Waals surface area contributed by atoms with Gasteiger partial charge in [0.25, 0.3) is 0 Å². The van der Waals surface area contributed by atoms with E-state index in [0.29, 0.717) is 13.0 Å². The standard InChI is InChI=1S/C19H29N3O3/c1-22-12-15-14(7-6-8-16(15)21-22)18(24)20-13-19(11-17(23)25-2)9-4-3-5-10-19/h12,14H,3-11,13H2,1-2H3,(H,20,24). The Morgan fingerprint density at radius 3 is 2.80 bits per heavy atom. The summed E-state index contributed by atoms with van der Waals surface area (Å²) < 4.78 is 6.69. The molecular formula is C19H29N3O3. The summed E-state index contributed by atoms with van der Waals surface area (Å²) in [4.78, 5) is 24.7. The first-order valence-electron chi connectivity index (χ1n) is 9.40. The molecule has 0 bridgehead atoms. The van der Waals surface area contributed by atoms with Crippen molar-refractivity contribution in [2.45, 2.75) is 63.7 Å². The third-order valence-electron chi connectivity index (χ3n) is 5.83. The Labute approximate surface area is 149 Å². The smallest absolute Gasteiger partial charge is 0.306 e. The zero-order valence-corrected chi connectivity index (χ0v) is 15.3. The summed E-state index contributed by atoms with van der Waals surface area (Å²) in [5.74, 6) is -0.219. The molecule has 1 aromatic rings. The van der Waals surface area contributed by atoms with Crippen molar-refractivity contribution in [1.29, 1.82) is 0 Å². The van der Waals surface area contributed by atoms with Crippen LogP contribution >= 0.6 is 0 Å². The summed E-state index contributed by atoms with van der Waals surface area (Å²) in [5.41, 5.74) is 1.97. The maximum absolute atomic E-state index is 12.8. The van der Waals surface area contributed by atoms with Gasteiger partial charge in [0.1, 0.15) is 0 Å². The van der Waals surface area contributed by atoms with Gasteiger partial charge in [-0.2, -0.15) is 5.10 Å². The first-order valence-corrected chi connectivity index (χ1v) is 9.40. The first kappa shape index (κ1) is 18.0. The second kappa shape index (κ2) is 7.58. The van der Waals surface area contributed by atoms with Gasteiger partial charge in [-0.25, -0.2) is 0 Å². The van der Waals surface area contributed by atoms with Crippen molar-refractivity contribution in [3.8, 4) is 0 Å². The molecule has 1 aromatic heterocycles. The van der Waals surface area contributed by atoms with E-state index in [0.717, 1.165) is 56.2 Å². The molecule has 1 amide bonds. The van der Waals surface area contributed by atoms with Crippen molar-refractivity contribution in [3.05, 3.63) is 17.5 Å². The number of amides is 1. The highest BCUT2D eigenvalue weighted by molar-refractivity contribution is 5.84. The van der Waals surface area contributed by atoms with E-state index in [1.54, 1.807) is 4.68 Å². The van der Waals surface area contributed by atoms with Crippen molar-refractivity contribution in [1.82, 2.24) is 15.1 Å². The molecule has 2 aliphatic rings. The van der Waals surface area contributed by atoms with Crippen molar-refractivity contribution in [2.75, 3.05) is 13.7 Å². The summed E-state index contributed by atoms with van der Waals surface area (Å²) >= 11 is 0. The van der Waals surface area contributed by atoms with Gasteiger partial charge >= 0.3 is 5.97 Å². The highest BCUT2D eigenvalue weighted by Gasteiger charge is 2.36. The normalized spacial score (nSPS) is 22.1. The van der Waals surface area contributed by atoms with E-state index in [1.807, 2.05) is 13.2 Å². The van der Waals surface area contributed by atoms with Gasteiger partial charge in [-0.3, -0.25) is 14.3 Å². The summed E-state index contributed by atoms with van der Waals surface area (Å²) in [6.45, 7) is 0.563. The van der Waals surface area contributed by atoms with E-state index < -0.39 is 0 Å². The third kappa shape index (κ3) is 4.05. The molecule has 1 heterocycles. The lowest BCUT2D eigenvalue weighted by Crippen LogP contribution is -2.42. The van der Waals surface area contributed by atoms with Gasteiger partial charge in [0.2, 0.25) is 5.91 Å². The number of nitrogens with one attached hydrogen (secondary N) is 1. The summed E-state index contributed by atoms with van der Waals surface area (Å²) in [7, 11) is 3.34. The lowest BCUT2D eigenvalue weighted by atomic mass is 9.71. The zero-order valence-electron chi connectivity index (χ0n) is 15.3. The molecule has 3 rings (SSSR count). The van der Waals surface area contributed by atoms with Crippen molar-refractivity contribution in [2.24, 2.45) is 12.5 Å². The SMILES string of the molecule is COC(=O)CC1(CNC(=O)C2CCCc3nn(C)cc32)CCCCC1. The first-order chi connectivity index (χ1) is 12.0. The Hall–Kier alpha value is -1.85. The maximum Gasteiger partial charge on any atom is 0.306 e. The minimum Gasteiger partial charge on any atom is -0.469 e. The molecule has 25 heavy (non-hydrogen) atoms. The summed E-state index contributed by atoms with van der Waals surface area (Å²) in [5, 5.41) is 7.63. The van der Waals surface area contributed by atoms with Gasteiger partial charge in [0.15, 0.2) is 0 Å². The van der Waals surface area contributed by atoms with E-state index >= 15 is 0 Å². The molecule has 6 heteroatoms. The summed E-state index contributed by atoms with van der Waals surface area (Å²) in [6, 6.07) is 0. The molecule has 1 N–H and O–H groups in total. The van der Waals surface area contributed by atoms with Crippen molar-refractivity contribution in [3.63, 3.8) is 0 Å². The molecule has 6 nitrogen and oxygen atoms in total. The minimum atomic E-state index is -0.177. The Bertz CT molecular complexity index is 632. The summed E-state index contributed by atoms with van der Waals surface area (Å²) in [6.07, 6.45) is 10.6. The van der Waals surface area contributed by atoms with Crippen molar-refractivity contribution < 1.29 is 14.3 Å². The Balaban J connectivity index is 1.66. The molecule has 138 valence electrons. The number of carbonyl (C=O) groups is 2. The topological polar surface area (TPSA) is 73.2 Å². The van der Waals surface area contributed by atoms with Crippen LogP contribution in [-0.2, 0) is 27.8 Å². The monoisotopic (exact) mass is 347 g/mol. The van der Waals surface area contributed by atoms with E-state index in [2.05, 4.69) is 10.4 Å². The predicted octanol–water partition coefficient (Wildman–Crippen LogP) is 2.47. The number of methoxy groups -OCH3 is 1. The Morgan fingerprint density at radius 1 is 1.32 bits per heavy atom. The number of rotatable bonds is 5. The Morgan fingerprint density at radius 2 is 2.08 bits per heavy atom. The van der Waals surface area contributed by atoms with Crippen LogP contribution in [0.25, 0.3) is 0 Å². The third-order valence-corrected chi connectivity index (χ3v) is 5.83. The average Bonchev–Trinajstić information content (AvgIpc) is 3.00. The van der Waals surface area contributed by atoms with E-state index in [-0.39, 0.29) is 23.2 Å². The number of hydrogen-bond acceptors (Lipinski definition) is 4. The average molecular weight is 347 g/mol. The van der Waals surface area contributed by atoms with Gasteiger partial charge in [0, 0.05) is 25.4 Å². The van der Waals surface area contributed by atoms with Crippen LogP contribution < -0.4 is 5.32 Å². The molecule has 0 spiro atoms. The fourth-order valence-corrected chi connectivity index (χ4v) is 4.43. The van der Waals surface area contributed by atoms with Gasteiger partial charge in [-0.1, -0.05) is 19.3 Å². The fourth-order valence-electron chi connectivity index (χ4n) is 4.43. The largest absolute Gasteiger partial charge is 0.469 e. The quantitative estimate of drug-likeness (QED) is 0.831. The van der Waals surface area contributed by atoms with Crippen LogP contribution in [0.4, 0.5) is 0 Å². The number of carbonyl (C=O) groups excluding carboxylic acids is 2. The van der Waals surface area contributed by atoms with E-state index in [9.17, 15) is 9.59 Å². The van der Waals surface area contributed by atoms with E-state index in [4.69, 9.17) is 4.74 Å². The zero-order chi connectivity index (χ0) is 17.9. The number of esters is 1. The molecule has 1 saturated carbocycles. The number of hydrogen-bond donors (Lipinski definition) is 1. The molecule has 1 unspecified atom stereocenters. The van der Waals surface area contributed by atoms with Crippen LogP contribution in [0.3, 0.4) is 0 Å². The predicted molar refractivity (Wildman–Crippen MR) is 94.0 cm³/mol. The van der Waals surface area contributed by atoms with Crippen LogP contribution in [-0.4, -0.2) is 35.3 Å². The van der Waals surface area contributed by atoms with Crippen LogP contribution in [0.5, 0.6) is 0 Å². The number of fused-ring (bicyclic) bond motifs is 1. The van der Waals surface area contributed by atoms with Gasteiger partial charge in [-0.15, -0.1) is 0 Å². The van der Waals surface area contributed by atoms with Crippen molar-refractivity contribution >= 4 is 11.9 Å². The molecular weight excluding hydrogens is 318 g/mol. The number of aromatic nitrogens is 2. The van der Waals surface area contributed by atoms with Gasteiger partial charge < -0.3 is 10.1 Å². The number of ether oxygens (including phenoxy) is 1. The fraction of sp³-hybridized carbons (Fsp3) is 0.737. The molecule has 0 aliphatic heterocycles. The second-order valence-electron chi connectivity index (χ2n) is 7.68.